The summed E-state index contributed by atoms with van der Waals surface area (Å²) in [6.45, 7) is 2.07. The van der Waals surface area contributed by atoms with Gasteiger partial charge in [0.15, 0.2) is 0 Å². The zero-order valence-corrected chi connectivity index (χ0v) is 7.67. The molecule has 2 aromatic rings. The molecule has 0 aliphatic carbocycles. The van der Waals surface area contributed by atoms with Crippen LogP contribution in [0.25, 0.3) is 5.52 Å². The standard InChI is InChI=1S/C8H7BrN2/c1-6-2-3-8(9)11-7(6)4-5-10-11/h2-5H,1H3. The zero-order valence-electron chi connectivity index (χ0n) is 6.08. The maximum Gasteiger partial charge on any atom is 0.108 e. The summed E-state index contributed by atoms with van der Waals surface area (Å²) >= 11 is 3.41. The van der Waals surface area contributed by atoms with Crippen molar-refractivity contribution in [3.05, 3.63) is 34.6 Å². The van der Waals surface area contributed by atoms with E-state index in [1.165, 1.54) is 5.56 Å². The molecule has 0 aromatic carbocycles. The number of hydrogen-bond acceptors (Lipinski definition) is 1. The lowest BCUT2D eigenvalue weighted by Gasteiger charge is -1.98. The van der Waals surface area contributed by atoms with E-state index in [4.69, 9.17) is 0 Å². The Morgan fingerprint density at radius 3 is 2.91 bits per heavy atom. The van der Waals surface area contributed by atoms with Crippen molar-refractivity contribution in [1.29, 1.82) is 0 Å². The fourth-order valence-corrected chi connectivity index (χ4v) is 1.54. The van der Waals surface area contributed by atoms with Gasteiger partial charge in [-0.2, -0.15) is 5.10 Å². The summed E-state index contributed by atoms with van der Waals surface area (Å²) in [4.78, 5) is 0. The minimum Gasteiger partial charge on any atom is -0.226 e. The van der Waals surface area contributed by atoms with E-state index >= 15 is 0 Å². The van der Waals surface area contributed by atoms with Gasteiger partial charge in [0.2, 0.25) is 0 Å². The summed E-state index contributed by atoms with van der Waals surface area (Å²) in [7, 11) is 0. The van der Waals surface area contributed by atoms with Gasteiger partial charge in [0.05, 0.1) is 11.7 Å². The predicted molar refractivity (Wildman–Crippen MR) is 47.6 cm³/mol. The number of aromatic nitrogens is 2. The van der Waals surface area contributed by atoms with Crippen LogP contribution in [0.5, 0.6) is 0 Å². The van der Waals surface area contributed by atoms with E-state index < -0.39 is 0 Å². The number of halogens is 1. The lowest BCUT2D eigenvalue weighted by atomic mass is 10.2. The highest BCUT2D eigenvalue weighted by Crippen LogP contribution is 2.15. The average molecular weight is 211 g/mol. The molecule has 2 nitrogen and oxygen atoms in total. The van der Waals surface area contributed by atoms with E-state index in [9.17, 15) is 0 Å². The normalized spacial score (nSPS) is 10.7. The van der Waals surface area contributed by atoms with Crippen LogP contribution in [0.15, 0.2) is 29.0 Å². The number of hydrogen-bond donors (Lipinski definition) is 0. The van der Waals surface area contributed by atoms with E-state index in [0.29, 0.717) is 0 Å². The number of rotatable bonds is 0. The zero-order chi connectivity index (χ0) is 7.84. The van der Waals surface area contributed by atoms with Crippen molar-refractivity contribution in [3.8, 4) is 0 Å². The Labute approximate surface area is 73.0 Å². The molecular formula is C8H7BrN2. The van der Waals surface area contributed by atoms with Crippen LogP contribution in [-0.2, 0) is 0 Å². The second-order valence-corrected chi connectivity index (χ2v) is 3.28. The van der Waals surface area contributed by atoms with Gasteiger partial charge in [-0.15, -0.1) is 0 Å². The van der Waals surface area contributed by atoms with Crippen molar-refractivity contribution in [2.45, 2.75) is 6.92 Å². The predicted octanol–water partition coefficient (Wildman–Crippen LogP) is 2.41. The Kier molecular flexibility index (Phi) is 1.46. The van der Waals surface area contributed by atoms with E-state index in [1.807, 2.05) is 16.6 Å². The van der Waals surface area contributed by atoms with Gasteiger partial charge in [-0.05, 0) is 40.5 Å². The summed E-state index contributed by atoms with van der Waals surface area (Å²) < 4.78 is 2.86. The average Bonchev–Trinajstić information content (AvgIpc) is 2.45. The Morgan fingerprint density at radius 1 is 1.36 bits per heavy atom. The summed E-state index contributed by atoms with van der Waals surface area (Å²) in [6, 6.07) is 6.07. The molecule has 0 aliphatic rings. The lowest BCUT2D eigenvalue weighted by molar-refractivity contribution is 0.930. The van der Waals surface area contributed by atoms with Gasteiger partial charge in [0, 0.05) is 0 Å². The van der Waals surface area contributed by atoms with E-state index in [1.54, 1.807) is 6.20 Å². The molecule has 11 heavy (non-hydrogen) atoms. The number of fused-ring (bicyclic) bond motifs is 1. The molecule has 2 heterocycles. The highest BCUT2D eigenvalue weighted by Gasteiger charge is 1.99. The maximum absolute atomic E-state index is 4.15. The molecule has 0 saturated carbocycles. The molecule has 0 radical (unpaired) electrons. The van der Waals surface area contributed by atoms with Gasteiger partial charge in [-0.3, -0.25) is 0 Å². The fourth-order valence-electron chi connectivity index (χ4n) is 1.12. The molecule has 0 atom stereocenters. The quantitative estimate of drug-likeness (QED) is 0.611. The summed E-state index contributed by atoms with van der Waals surface area (Å²) in [6.07, 6.45) is 1.80. The second kappa shape index (κ2) is 2.34. The molecule has 0 amide bonds. The summed E-state index contributed by atoms with van der Waals surface area (Å²) in [5.74, 6) is 0. The van der Waals surface area contributed by atoms with Crippen molar-refractivity contribution in [2.24, 2.45) is 0 Å². The molecule has 0 bridgehead atoms. The minimum atomic E-state index is 0.989. The Bertz CT molecular complexity index is 356. The van der Waals surface area contributed by atoms with Crippen LogP contribution >= 0.6 is 15.9 Å². The van der Waals surface area contributed by atoms with E-state index in [0.717, 1.165) is 10.1 Å². The Morgan fingerprint density at radius 2 is 2.18 bits per heavy atom. The SMILES string of the molecule is Cc1ccc(Br)n2nccc12. The summed E-state index contributed by atoms with van der Waals surface area (Å²) in [5.41, 5.74) is 2.39. The number of nitrogens with zero attached hydrogens (tertiary/aromatic N) is 2. The van der Waals surface area contributed by atoms with Gasteiger partial charge in [-0.1, -0.05) is 6.07 Å². The third-order valence-corrected chi connectivity index (χ3v) is 2.32. The molecule has 56 valence electrons. The van der Waals surface area contributed by atoms with Crippen LogP contribution in [0.1, 0.15) is 5.56 Å². The highest BCUT2D eigenvalue weighted by atomic mass is 79.9. The van der Waals surface area contributed by atoms with Gasteiger partial charge < -0.3 is 0 Å². The largest absolute Gasteiger partial charge is 0.226 e. The minimum absolute atomic E-state index is 0.989. The molecule has 2 rings (SSSR count). The van der Waals surface area contributed by atoms with Crippen LogP contribution in [0.2, 0.25) is 0 Å². The molecular weight excluding hydrogens is 204 g/mol. The van der Waals surface area contributed by atoms with E-state index in [-0.39, 0.29) is 0 Å². The monoisotopic (exact) mass is 210 g/mol. The van der Waals surface area contributed by atoms with Gasteiger partial charge in [0.25, 0.3) is 0 Å². The van der Waals surface area contributed by atoms with Crippen LogP contribution in [-0.4, -0.2) is 9.61 Å². The molecule has 0 spiro atoms. The summed E-state index contributed by atoms with van der Waals surface area (Å²) in [5, 5.41) is 4.15. The first-order chi connectivity index (χ1) is 5.29. The first kappa shape index (κ1) is 6.85. The first-order valence-electron chi connectivity index (χ1n) is 3.38. The van der Waals surface area contributed by atoms with Crippen LogP contribution < -0.4 is 0 Å². The number of aryl methyl sites for hydroxylation is 1. The van der Waals surface area contributed by atoms with Crippen molar-refractivity contribution in [3.63, 3.8) is 0 Å². The first-order valence-corrected chi connectivity index (χ1v) is 4.17. The van der Waals surface area contributed by atoms with Gasteiger partial charge >= 0.3 is 0 Å². The third kappa shape index (κ3) is 0.959. The molecule has 0 saturated heterocycles. The smallest absolute Gasteiger partial charge is 0.108 e. The molecule has 0 unspecified atom stereocenters. The van der Waals surface area contributed by atoms with E-state index in [2.05, 4.69) is 34.0 Å². The van der Waals surface area contributed by atoms with Crippen LogP contribution in [0.4, 0.5) is 0 Å². The fraction of sp³-hybridized carbons (Fsp3) is 0.125. The molecule has 0 fully saturated rings. The van der Waals surface area contributed by atoms with Crippen molar-refractivity contribution in [1.82, 2.24) is 9.61 Å². The van der Waals surface area contributed by atoms with Crippen LogP contribution in [0, 0.1) is 6.92 Å². The van der Waals surface area contributed by atoms with Crippen molar-refractivity contribution < 1.29 is 0 Å². The Hall–Kier alpha value is -0.830. The second-order valence-electron chi connectivity index (χ2n) is 2.47. The molecule has 3 heteroatoms. The lowest BCUT2D eigenvalue weighted by Crippen LogP contribution is -1.90. The molecule has 0 N–H and O–H groups in total. The highest BCUT2D eigenvalue weighted by molar-refractivity contribution is 9.10. The maximum atomic E-state index is 4.15. The third-order valence-electron chi connectivity index (χ3n) is 1.72. The number of pyridine rings is 1. The van der Waals surface area contributed by atoms with Crippen molar-refractivity contribution >= 4 is 21.4 Å². The van der Waals surface area contributed by atoms with Gasteiger partial charge in [0.1, 0.15) is 4.60 Å². The molecule has 2 aromatic heterocycles. The molecule has 0 aliphatic heterocycles. The van der Waals surface area contributed by atoms with Crippen LogP contribution in [0.3, 0.4) is 0 Å². The van der Waals surface area contributed by atoms with Crippen molar-refractivity contribution in [2.75, 3.05) is 0 Å². The Balaban J connectivity index is 2.96. The van der Waals surface area contributed by atoms with Gasteiger partial charge in [-0.25, -0.2) is 4.52 Å². The topological polar surface area (TPSA) is 17.3 Å².